The summed E-state index contributed by atoms with van der Waals surface area (Å²) >= 11 is 12.0. The van der Waals surface area contributed by atoms with Crippen molar-refractivity contribution >= 4 is 34.2 Å². The second kappa shape index (κ2) is 5.55. The molecule has 1 aromatic heterocycles. The van der Waals surface area contributed by atoms with Gasteiger partial charge in [0.15, 0.2) is 0 Å². The van der Waals surface area contributed by atoms with Crippen LogP contribution >= 0.6 is 23.2 Å². The molecule has 0 unspecified atom stereocenters. The predicted octanol–water partition coefficient (Wildman–Crippen LogP) is 4.04. The molecule has 1 aliphatic rings. The molecule has 1 aliphatic carbocycles. The van der Waals surface area contributed by atoms with Gasteiger partial charge >= 0.3 is 0 Å². The zero-order chi connectivity index (χ0) is 14.2. The molecule has 0 saturated heterocycles. The molecule has 0 radical (unpaired) electrons. The van der Waals surface area contributed by atoms with Gasteiger partial charge in [0.25, 0.3) is 0 Å². The Morgan fingerprint density at radius 2 is 2.20 bits per heavy atom. The lowest BCUT2D eigenvalue weighted by molar-refractivity contribution is -0.0832. The molecule has 5 heteroatoms. The lowest BCUT2D eigenvalue weighted by Crippen LogP contribution is -2.43. The Morgan fingerprint density at radius 1 is 1.40 bits per heavy atom. The Morgan fingerprint density at radius 3 is 2.80 bits per heavy atom. The summed E-state index contributed by atoms with van der Waals surface area (Å²) in [6, 6.07) is 5.85. The van der Waals surface area contributed by atoms with Gasteiger partial charge in [-0.3, -0.25) is 0 Å². The highest BCUT2D eigenvalue weighted by atomic mass is 35.5. The van der Waals surface area contributed by atoms with E-state index >= 15 is 0 Å². The summed E-state index contributed by atoms with van der Waals surface area (Å²) in [5.41, 5.74) is 2.01. The fourth-order valence-corrected chi connectivity index (χ4v) is 3.23. The molecular weight excluding hydrogens is 295 g/mol. The largest absolute Gasteiger partial charge is 0.376 e. The maximum absolute atomic E-state index is 6.06. The van der Waals surface area contributed by atoms with Crippen molar-refractivity contribution in [1.29, 1.82) is 0 Å². The number of nitrogens with zero attached hydrogens (tertiary/aromatic N) is 2. The highest BCUT2D eigenvalue weighted by molar-refractivity contribution is 6.31. The number of rotatable bonds is 5. The van der Waals surface area contributed by atoms with Crippen molar-refractivity contribution in [2.24, 2.45) is 0 Å². The number of hydrogen-bond donors (Lipinski definition) is 0. The van der Waals surface area contributed by atoms with Crippen LogP contribution in [0.3, 0.4) is 0 Å². The van der Waals surface area contributed by atoms with Crippen molar-refractivity contribution in [3.63, 3.8) is 0 Å². The van der Waals surface area contributed by atoms with Gasteiger partial charge in [-0.05, 0) is 37.5 Å². The van der Waals surface area contributed by atoms with E-state index in [1.807, 2.05) is 18.2 Å². The van der Waals surface area contributed by atoms with Crippen LogP contribution in [0.5, 0.6) is 0 Å². The quantitative estimate of drug-likeness (QED) is 0.779. The maximum Gasteiger partial charge on any atom is 0.111 e. The molecule has 0 atom stereocenters. The summed E-state index contributed by atoms with van der Waals surface area (Å²) in [6.45, 7) is 0.841. The Bertz CT molecular complexity index is 614. The first-order valence-electron chi connectivity index (χ1n) is 6.93. The number of halogens is 2. The van der Waals surface area contributed by atoms with Gasteiger partial charge in [-0.2, -0.15) is 0 Å². The van der Waals surface area contributed by atoms with E-state index in [0.717, 1.165) is 42.7 Å². The number of aromatic nitrogens is 2. The third-order valence-corrected chi connectivity index (χ3v) is 4.68. The van der Waals surface area contributed by atoms with Crippen molar-refractivity contribution in [2.75, 3.05) is 13.0 Å². The van der Waals surface area contributed by atoms with Crippen LogP contribution in [0.2, 0.25) is 5.02 Å². The van der Waals surface area contributed by atoms with Gasteiger partial charge in [-0.25, -0.2) is 4.98 Å². The molecule has 20 heavy (non-hydrogen) atoms. The summed E-state index contributed by atoms with van der Waals surface area (Å²) in [7, 11) is 1.80. The molecule has 3 nitrogen and oxygen atoms in total. The van der Waals surface area contributed by atoms with Crippen LogP contribution in [0.25, 0.3) is 11.0 Å². The van der Waals surface area contributed by atoms with E-state index in [4.69, 9.17) is 27.9 Å². The lowest BCUT2D eigenvalue weighted by Gasteiger charge is -2.41. The number of ether oxygens (including phenoxy) is 1. The van der Waals surface area contributed by atoms with Crippen LogP contribution in [-0.4, -0.2) is 28.1 Å². The number of methoxy groups -OCH3 is 1. The van der Waals surface area contributed by atoms with Gasteiger partial charge in [0.1, 0.15) is 5.82 Å². The van der Waals surface area contributed by atoms with Crippen molar-refractivity contribution in [2.45, 2.75) is 37.8 Å². The molecule has 108 valence electrons. The number of imidazole rings is 1. The molecule has 0 aliphatic heterocycles. The fraction of sp³-hybridized carbons (Fsp3) is 0.533. The molecule has 1 aromatic carbocycles. The van der Waals surface area contributed by atoms with E-state index in [9.17, 15) is 0 Å². The maximum atomic E-state index is 6.06. The summed E-state index contributed by atoms with van der Waals surface area (Å²) in [6.07, 6.45) is 4.21. The van der Waals surface area contributed by atoms with Gasteiger partial charge in [0, 0.05) is 24.4 Å². The van der Waals surface area contributed by atoms with E-state index < -0.39 is 0 Å². The molecular formula is C15H18Cl2N2O. The number of aryl methyl sites for hydroxylation is 1. The molecule has 1 heterocycles. The van der Waals surface area contributed by atoms with E-state index in [2.05, 4.69) is 9.55 Å². The SMILES string of the molecule is COC1(Cn2c(CCCl)nc3cc(Cl)ccc32)CCC1. The Balaban J connectivity index is 2.04. The minimum Gasteiger partial charge on any atom is -0.376 e. The van der Waals surface area contributed by atoms with Crippen LogP contribution in [0.1, 0.15) is 25.1 Å². The fourth-order valence-electron chi connectivity index (χ4n) is 2.89. The molecule has 0 spiro atoms. The van der Waals surface area contributed by atoms with Gasteiger partial charge in [0.2, 0.25) is 0 Å². The number of benzene rings is 1. The smallest absolute Gasteiger partial charge is 0.111 e. The van der Waals surface area contributed by atoms with Crippen LogP contribution in [0.15, 0.2) is 18.2 Å². The molecule has 2 aromatic rings. The second-order valence-corrected chi connectivity index (χ2v) is 6.24. The van der Waals surface area contributed by atoms with Gasteiger partial charge in [0.05, 0.1) is 23.2 Å². The van der Waals surface area contributed by atoms with E-state index in [1.54, 1.807) is 7.11 Å². The molecule has 3 rings (SSSR count). The Labute approximate surface area is 128 Å². The first-order valence-corrected chi connectivity index (χ1v) is 7.84. The van der Waals surface area contributed by atoms with Crippen LogP contribution in [0.4, 0.5) is 0 Å². The van der Waals surface area contributed by atoms with E-state index in [0.29, 0.717) is 10.9 Å². The summed E-state index contributed by atoms with van der Waals surface area (Å²) in [5, 5.41) is 0.713. The zero-order valence-corrected chi connectivity index (χ0v) is 13.0. The highest BCUT2D eigenvalue weighted by Crippen LogP contribution is 2.37. The number of fused-ring (bicyclic) bond motifs is 1. The minimum atomic E-state index is -0.0334. The van der Waals surface area contributed by atoms with E-state index in [1.165, 1.54) is 6.42 Å². The van der Waals surface area contributed by atoms with Gasteiger partial charge in [-0.15, -0.1) is 11.6 Å². The Kier molecular flexibility index (Phi) is 3.93. The average Bonchev–Trinajstić information content (AvgIpc) is 2.71. The van der Waals surface area contributed by atoms with Gasteiger partial charge < -0.3 is 9.30 Å². The van der Waals surface area contributed by atoms with Crippen molar-refractivity contribution in [1.82, 2.24) is 9.55 Å². The van der Waals surface area contributed by atoms with Crippen LogP contribution in [0, 0.1) is 0 Å². The first kappa shape index (κ1) is 14.2. The molecule has 0 bridgehead atoms. The average molecular weight is 313 g/mol. The third kappa shape index (κ3) is 2.43. The molecule has 0 N–H and O–H groups in total. The van der Waals surface area contributed by atoms with E-state index in [-0.39, 0.29) is 5.60 Å². The summed E-state index contributed by atoms with van der Waals surface area (Å²) < 4.78 is 7.99. The van der Waals surface area contributed by atoms with Gasteiger partial charge in [-0.1, -0.05) is 11.6 Å². The zero-order valence-electron chi connectivity index (χ0n) is 11.5. The number of hydrogen-bond acceptors (Lipinski definition) is 2. The summed E-state index contributed by atoms with van der Waals surface area (Å²) in [4.78, 5) is 4.68. The molecule has 1 saturated carbocycles. The monoisotopic (exact) mass is 312 g/mol. The van der Waals surface area contributed by atoms with Crippen molar-refractivity contribution < 1.29 is 4.74 Å². The van der Waals surface area contributed by atoms with Crippen molar-refractivity contribution in [3.05, 3.63) is 29.0 Å². The lowest BCUT2D eigenvalue weighted by atomic mass is 9.80. The second-order valence-electron chi connectivity index (χ2n) is 5.43. The van der Waals surface area contributed by atoms with Crippen LogP contribution < -0.4 is 0 Å². The molecule has 1 fully saturated rings. The topological polar surface area (TPSA) is 27.1 Å². The predicted molar refractivity (Wildman–Crippen MR) is 82.8 cm³/mol. The minimum absolute atomic E-state index is 0.0334. The first-order chi connectivity index (χ1) is 9.67. The third-order valence-electron chi connectivity index (χ3n) is 4.25. The normalized spacial score (nSPS) is 17.4. The Hall–Kier alpha value is -0.770. The van der Waals surface area contributed by atoms with Crippen LogP contribution in [-0.2, 0) is 17.7 Å². The number of alkyl halides is 1. The molecule has 0 amide bonds. The highest BCUT2D eigenvalue weighted by Gasteiger charge is 2.38. The van der Waals surface area contributed by atoms with Crippen molar-refractivity contribution in [3.8, 4) is 0 Å². The summed E-state index contributed by atoms with van der Waals surface area (Å²) in [5.74, 6) is 1.58. The standard InChI is InChI=1S/C15H18Cl2N2O/c1-20-15(6-2-7-15)10-19-13-4-3-11(17)9-12(13)18-14(19)5-8-16/h3-4,9H,2,5-8,10H2,1H3.